The predicted octanol–water partition coefficient (Wildman–Crippen LogP) is 4.31. The molecule has 6 heteroatoms. The summed E-state index contributed by atoms with van der Waals surface area (Å²) in [5.74, 6) is 2.75. The summed E-state index contributed by atoms with van der Waals surface area (Å²) in [4.78, 5) is 9.02. The van der Waals surface area contributed by atoms with Gasteiger partial charge in [-0.05, 0) is 37.6 Å². The minimum absolute atomic E-state index is 0.260. The van der Waals surface area contributed by atoms with Crippen molar-refractivity contribution in [1.82, 2.24) is 9.97 Å². The number of fused-ring (bicyclic) bond motifs is 1. The lowest BCUT2D eigenvalue weighted by Gasteiger charge is -2.11. The average molecular weight is 334 g/mol. The van der Waals surface area contributed by atoms with Gasteiger partial charge in [-0.15, -0.1) is 0 Å². The molecular formula is C19H18N4O2. The molecule has 2 N–H and O–H groups in total. The maximum atomic E-state index is 5.41. The first-order valence-electron chi connectivity index (χ1n) is 8.02. The highest BCUT2D eigenvalue weighted by Gasteiger charge is 2.13. The van der Waals surface area contributed by atoms with Gasteiger partial charge in [0.05, 0.1) is 0 Å². The zero-order valence-corrected chi connectivity index (χ0v) is 14.0. The third kappa shape index (κ3) is 3.33. The quantitative estimate of drug-likeness (QED) is 0.741. The minimum Gasteiger partial charge on any atom is -0.454 e. The Labute approximate surface area is 145 Å². The fourth-order valence-corrected chi connectivity index (χ4v) is 2.64. The van der Waals surface area contributed by atoms with Crippen LogP contribution in [-0.4, -0.2) is 16.8 Å². The molecule has 0 saturated carbocycles. The first-order chi connectivity index (χ1) is 12.2. The SMILES string of the molecule is Cc1cc(Nc2ccc3c(c2)OCO3)nc(Nc2ccccc2C)n1. The minimum atomic E-state index is 0.260. The summed E-state index contributed by atoms with van der Waals surface area (Å²) in [6.45, 7) is 4.25. The maximum Gasteiger partial charge on any atom is 0.231 e. The fourth-order valence-electron chi connectivity index (χ4n) is 2.64. The number of benzene rings is 2. The van der Waals surface area contributed by atoms with Crippen molar-refractivity contribution in [3.8, 4) is 11.5 Å². The number of anilines is 4. The van der Waals surface area contributed by atoms with Crippen LogP contribution in [0.4, 0.5) is 23.1 Å². The molecule has 1 aromatic heterocycles. The van der Waals surface area contributed by atoms with Crippen LogP contribution in [0.5, 0.6) is 11.5 Å². The van der Waals surface area contributed by atoms with E-state index in [-0.39, 0.29) is 6.79 Å². The number of rotatable bonds is 4. The summed E-state index contributed by atoms with van der Waals surface area (Å²) in [5.41, 5.74) is 3.87. The molecule has 0 saturated heterocycles. The predicted molar refractivity (Wildman–Crippen MR) is 97.1 cm³/mol. The molecule has 1 aliphatic heterocycles. The summed E-state index contributed by atoms with van der Waals surface area (Å²) >= 11 is 0. The van der Waals surface area contributed by atoms with E-state index in [0.29, 0.717) is 11.8 Å². The molecule has 6 nitrogen and oxygen atoms in total. The Balaban J connectivity index is 1.58. The molecule has 25 heavy (non-hydrogen) atoms. The van der Waals surface area contributed by atoms with Gasteiger partial charge in [0.2, 0.25) is 12.7 Å². The Bertz CT molecular complexity index is 927. The smallest absolute Gasteiger partial charge is 0.231 e. The number of hydrogen-bond acceptors (Lipinski definition) is 6. The van der Waals surface area contributed by atoms with Crippen molar-refractivity contribution in [2.75, 3.05) is 17.4 Å². The van der Waals surface area contributed by atoms with Crippen molar-refractivity contribution in [2.45, 2.75) is 13.8 Å². The molecule has 0 spiro atoms. The van der Waals surface area contributed by atoms with Gasteiger partial charge >= 0.3 is 0 Å². The van der Waals surface area contributed by atoms with Gasteiger partial charge in [0, 0.05) is 29.2 Å². The second kappa shape index (κ2) is 6.32. The fraction of sp³-hybridized carbons (Fsp3) is 0.158. The van der Waals surface area contributed by atoms with Crippen LogP contribution in [0.2, 0.25) is 0 Å². The molecule has 2 heterocycles. The van der Waals surface area contributed by atoms with Crippen LogP contribution in [0.1, 0.15) is 11.3 Å². The van der Waals surface area contributed by atoms with Crippen LogP contribution >= 0.6 is 0 Å². The topological polar surface area (TPSA) is 68.3 Å². The van der Waals surface area contributed by atoms with Gasteiger partial charge in [-0.3, -0.25) is 0 Å². The van der Waals surface area contributed by atoms with Crippen LogP contribution in [0.3, 0.4) is 0 Å². The van der Waals surface area contributed by atoms with Gasteiger partial charge in [0.1, 0.15) is 5.82 Å². The first kappa shape index (κ1) is 15.3. The Kier molecular flexibility index (Phi) is 3.85. The molecule has 0 radical (unpaired) electrons. The second-order valence-corrected chi connectivity index (χ2v) is 5.85. The highest BCUT2D eigenvalue weighted by molar-refractivity contribution is 5.64. The van der Waals surface area contributed by atoms with E-state index in [2.05, 4.69) is 20.6 Å². The molecule has 0 unspecified atom stereocenters. The van der Waals surface area contributed by atoms with E-state index in [1.165, 1.54) is 0 Å². The largest absolute Gasteiger partial charge is 0.454 e. The molecule has 0 aliphatic carbocycles. The van der Waals surface area contributed by atoms with Gasteiger partial charge in [-0.25, -0.2) is 4.98 Å². The summed E-state index contributed by atoms with van der Waals surface area (Å²) < 4.78 is 10.7. The number of nitrogens with zero attached hydrogens (tertiary/aromatic N) is 2. The van der Waals surface area contributed by atoms with E-state index < -0.39 is 0 Å². The number of para-hydroxylation sites is 1. The number of nitrogens with one attached hydrogen (secondary N) is 2. The Morgan fingerprint density at radius 1 is 0.880 bits per heavy atom. The Hall–Kier alpha value is -3.28. The van der Waals surface area contributed by atoms with Crippen molar-refractivity contribution in [3.05, 3.63) is 59.8 Å². The summed E-state index contributed by atoms with van der Waals surface area (Å²) in [7, 11) is 0. The van der Waals surface area contributed by atoms with Crippen LogP contribution < -0.4 is 20.1 Å². The van der Waals surface area contributed by atoms with E-state index in [9.17, 15) is 0 Å². The van der Waals surface area contributed by atoms with Crippen LogP contribution in [-0.2, 0) is 0 Å². The van der Waals surface area contributed by atoms with Gasteiger partial charge in [-0.2, -0.15) is 4.98 Å². The molecule has 3 aromatic rings. The monoisotopic (exact) mass is 334 g/mol. The van der Waals surface area contributed by atoms with Crippen LogP contribution in [0.25, 0.3) is 0 Å². The normalized spacial score (nSPS) is 12.1. The van der Waals surface area contributed by atoms with E-state index >= 15 is 0 Å². The lowest BCUT2D eigenvalue weighted by Crippen LogP contribution is -2.03. The van der Waals surface area contributed by atoms with Crippen molar-refractivity contribution in [1.29, 1.82) is 0 Å². The lowest BCUT2D eigenvalue weighted by atomic mass is 10.2. The van der Waals surface area contributed by atoms with Crippen LogP contribution in [0, 0.1) is 13.8 Å². The van der Waals surface area contributed by atoms with Gasteiger partial charge < -0.3 is 20.1 Å². The number of ether oxygens (including phenoxy) is 2. The zero-order chi connectivity index (χ0) is 17.2. The average Bonchev–Trinajstić information content (AvgIpc) is 3.04. The third-order valence-corrected chi connectivity index (χ3v) is 3.89. The van der Waals surface area contributed by atoms with Crippen LogP contribution in [0.15, 0.2) is 48.5 Å². The van der Waals surface area contributed by atoms with Gasteiger partial charge in [-0.1, -0.05) is 18.2 Å². The molecule has 2 aromatic carbocycles. The molecule has 0 amide bonds. The van der Waals surface area contributed by atoms with Crippen molar-refractivity contribution < 1.29 is 9.47 Å². The van der Waals surface area contributed by atoms with E-state index in [1.54, 1.807) is 0 Å². The molecule has 1 aliphatic rings. The molecule has 126 valence electrons. The number of aromatic nitrogens is 2. The molecular weight excluding hydrogens is 316 g/mol. The Morgan fingerprint density at radius 2 is 1.72 bits per heavy atom. The van der Waals surface area contributed by atoms with E-state index in [0.717, 1.165) is 34.1 Å². The second-order valence-electron chi connectivity index (χ2n) is 5.85. The molecule has 0 atom stereocenters. The maximum absolute atomic E-state index is 5.41. The molecule has 0 fully saturated rings. The lowest BCUT2D eigenvalue weighted by molar-refractivity contribution is 0.174. The van der Waals surface area contributed by atoms with Gasteiger partial charge in [0.15, 0.2) is 11.5 Å². The Morgan fingerprint density at radius 3 is 2.60 bits per heavy atom. The zero-order valence-electron chi connectivity index (χ0n) is 14.0. The summed E-state index contributed by atoms with van der Waals surface area (Å²) in [5, 5.41) is 6.56. The standard InChI is InChI=1S/C19H18N4O2/c1-12-5-3-4-6-15(12)22-19-20-13(2)9-18(23-19)21-14-7-8-16-17(10-14)25-11-24-16/h3-10H,11H2,1-2H3,(H2,20,21,22,23). The third-order valence-electron chi connectivity index (χ3n) is 3.89. The summed E-state index contributed by atoms with van der Waals surface area (Å²) in [6.07, 6.45) is 0. The number of aryl methyl sites for hydroxylation is 2. The van der Waals surface area contributed by atoms with Crippen molar-refractivity contribution in [2.24, 2.45) is 0 Å². The highest BCUT2D eigenvalue weighted by Crippen LogP contribution is 2.35. The highest BCUT2D eigenvalue weighted by atomic mass is 16.7. The molecule has 0 bridgehead atoms. The van der Waals surface area contributed by atoms with E-state index in [1.807, 2.05) is 62.4 Å². The van der Waals surface area contributed by atoms with Crippen molar-refractivity contribution in [3.63, 3.8) is 0 Å². The van der Waals surface area contributed by atoms with Crippen molar-refractivity contribution >= 4 is 23.1 Å². The van der Waals surface area contributed by atoms with Gasteiger partial charge in [0.25, 0.3) is 0 Å². The van der Waals surface area contributed by atoms with E-state index in [4.69, 9.17) is 9.47 Å². The molecule has 4 rings (SSSR count). The summed E-state index contributed by atoms with van der Waals surface area (Å²) in [6, 6.07) is 15.6. The first-order valence-corrected chi connectivity index (χ1v) is 8.02. The number of hydrogen-bond donors (Lipinski definition) is 2.